The first kappa shape index (κ1) is 12.1. The molecular formula is C14H24NS+. The highest BCUT2D eigenvalue weighted by Gasteiger charge is 2.14. The van der Waals surface area contributed by atoms with E-state index in [0.717, 1.165) is 6.04 Å². The zero-order valence-electron chi connectivity index (χ0n) is 10.4. The van der Waals surface area contributed by atoms with Crippen LogP contribution in [0.2, 0.25) is 0 Å². The van der Waals surface area contributed by atoms with Gasteiger partial charge >= 0.3 is 0 Å². The molecule has 0 aromatic carbocycles. The molecule has 0 amide bonds. The predicted octanol–water partition coefficient (Wildman–Crippen LogP) is 3.23. The summed E-state index contributed by atoms with van der Waals surface area (Å²) in [6, 6.07) is 3.13. The number of rotatable bonds is 3. The van der Waals surface area contributed by atoms with Gasteiger partial charge in [-0.3, -0.25) is 0 Å². The molecular weight excluding hydrogens is 214 g/mol. The van der Waals surface area contributed by atoms with E-state index in [4.69, 9.17) is 0 Å². The second-order valence-corrected chi connectivity index (χ2v) is 6.07. The fourth-order valence-electron chi connectivity index (χ4n) is 2.61. The Hall–Kier alpha value is -0.340. The normalized spacial score (nSPS) is 19.3. The Morgan fingerprint density at radius 1 is 1.19 bits per heavy atom. The van der Waals surface area contributed by atoms with E-state index in [-0.39, 0.29) is 0 Å². The monoisotopic (exact) mass is 238 g/mol. The average Bonchev–Trinajstić information content (AvgIpc) is 2.63. The summed E-state index contributed by atoms with van der Waals surface area (Å²) < 4.78 is 0. The maximum Gasteiger partial charge on any atom is 0.111 e. The summed E-state index contributed by atoms with van der Waals surface area (Å²) in [6.45, 7) is 3.44. The lowest BCUT2D eigenvalue weighted by Crippen LogP contribution is -2.88. The Labute approximate surface area is 103 Å². The lowest BCUT2D eigenvalue weighted by Gasteiger charge is -2.18. The molecule has 1 nitrogen and oxygen atoms in total. The van der Waals surface area contributed by atoms with Gasteiger partial charge in [-0.05, 0) is 49.6 Å². The summed E-state index contributed by atoms with van der Waals surface area (Å²) in [5.41, 5.74) is 1.48. The standard InChI is InChI=1S/C14H23NS/c1-12-9-10-16-14(12)11-15-13-7-5-3-2-4-6-8-13/h9-10,13,15H,2-8,11H2,1H3/p+1. The summed E-state index contributed by atoms with van der Waals surface area (Å²) in [5.74, 6) is 0. The molecule has 1 heterocycles. The van der Waals surface area contributed by atoms with Crippen molar-refractivity contribution in [2.45, 2.75) is 64.5 Å². The van der Waals surface area contributed by atoms with E-state index in [0.29, 0.717) is 0 Å². The maximum absolute atomic E-state index is 2.59. The molecule has 1 aromatic rings. The van der Waals surface area contributed by atoms with E-state index in [1.54, 1.807) is 4.88 Å². The summed E-state index contributed by atoms with van der Waals surface area (Å²) in [7, 11) is 0. The summed E-state index contributed by atoms with van der Waals surface area (Å²) >= 11 is 1.92. The zero-order valence-corrected chi connectivity index (χ0v) is 11.2. The molecule has 1 fully saturated rings. The molecule has 16 heavy (non-hydrogen) atoms. The third kappa shape index (κ3) is 3.60. The van der Waals surface area contributed by atoms with Crippen molar-refractivity contribution in [2.75, 3.05) is 0 Å². The van der Waals surface area contributed by atoms with E-state index >= 15 is 0 Å². The number of hydrogen-bond acceptors (Lipinski definition) is 1. The van der Waals surface area contributed by atoms with Crippen molar-refractivity contribution in [1.82, 2.24) is 0 Å². The number of hydrogen-bond donors (Lipinski definition) is 1. The number of nitrogens with two attached hydrogens (primary N) is 1. The summed E-state index contributed by atoms with van der Waals surface area (Å²) in [5, 5.41) is 4.81. The molecule has 1 saturated carbocycles. The van der Waals surface area contributed by atoms with Gasteiger partial charge in [0.25, 0.3) is 0 Å². The van der Waals surface area contributed by atoms with Crippen molar-refractivity contribution in [3.05, 3.63) is 21.9 Å². The van der Waals surface area contributed by atoms with Gasteiger partial charge in [-0.25, -0.2) is 0 Å². The Balaban J connectivity index is 1.77. The number of thiophene rings is 1. The van der Waals surface area contributed by atoms with Crippen LogP contribution in [0.4, 0.5) is 0 Å². The molecule has 0 unspecified atom stereocenters. The van der Waals surface area contributed by atoms with Crippen molar-refractivity contribution in [1.29, 1.82) is 0 Å². The first-order valence-electron chi connectivity index (χ1n) is 6.72. The highest BCUT2D eigenvalue weighted by molar-refractivity contribution is 7.10. The van der Waals surface area contributed by atoms with Crippen molar-refractivity contribution >= 4 is 11.3 Å². The van der Waals surface area contributed by atoms with Crippen LogP contribution in [0.3, 0.4) is 0 Å². The van der Waals surface area contributed by atoms with Crippen LogP contribution in [0.25, 0.3) is 0 Å². The van der Waals surface area contributed by atoms with Gasteiger partial charge < -0.3 is 5.32 Å². The van der Waals surface area contributed by atoms with Gasteiger partial charge in [-0.15, -0.1) is 11.3 Å². The quantitative estimate of drug-likeness (QED) is 0.832. The highest BCUT2D eigenvalue weighted by Crippen LogP contribution is 2.16. The maximum atomic E-state index is 2.59. The molecule has 0 bridgehead atoms. The van der Waals surface area contributed by atoms with Crippen molar-refractivity contribution in [2.24, 2.45) is 0 Å². The highest BCUT2D eigenvalue weighted by atomic mass is 32.1. The average molecular weight is 238 g/mol. The molecule has 2 rings (SSSR count). The molecule has 1 aliphatic rings. The Kier molecular flexibility index (Phi) is 4.86. The van der Waals surface area contributed by atoms with Crippen LogP contribution in [-0.2, 0) is 6.54 Å². The molecule has 90 valence electrons. The molecule has 0 radical (unpaired) electrons. The van der Waals surface area contributed by atoms with Gasteiger partial charge in [0.05, 0.1) is 10.9 Å². The van der Waals surface area contributed by atoms with Gasteiger partial charge in [-0.2, -0.15) is 0 Å². The van der Waals surface area contributed by atoms with Crippen LogP contribution in [0, 0.1) is 6.92 Å². The molecule has 1 aromatic heterocycles. The second-order valence-electron chi connectivity index (χ2n) is 5.07. The Morgan fingerprint density at radius 2 is 1.88 bits per heavy atom. The molecule has 1 aliphatic carbocycles. The van der Waals surface area contributed by atoms with Gasteiger partial charge in [0.1, 0.15) is 6.54 Å². The van der Waals surface area contributed by atoms with Crippen LogP contribution in [0.1, 0.15) is 55.4 Å². The fraction of sp³-hybridized carbons (Fsp3) is 0.714. The minimum atomic E-state index is 0.891. The minimum absolute atomic E-state index is 0.891. The minimum Gasteiger partial charge on any atom is -0.339 e. The van der Waals surface area contributed by atoms with Gasteiger partial charge in [0, 0.05) is 0 Å². The molecule has 0 atom stereocenters. The van der Waals surface area contributed by atoms with Crippen LogP contribution < -0.4 is 5.32 Å². The molecule has 2 heteroatoms. The topological polar surface area (TPSA) is 16.6 Å². The molecule has 0 saturated heterocycles. The van der Waals surface area contributed by atoms with Crippen LogP contribution in [-0.4, -0.2) is 6.04 Å². The van der Waals surface area contributed by atoms with Crippen molar-refractivity contribution in [3.8, 4) is 0 Å². The summed E-state index contributed by atoms with van der Waals surface area (Å²) in [4.78, 5) is 1.57. The smallest absolute Gasteiger partial charge is 0.111 e. The van der Waals surface area contributed by atoms with E-state index in [1.807, 2.05) is 11.3 Å². The van der Waals surface area contributed by atoms with E-state index in [9.17, 15) is 0 Å². The van der Waals surface area contributed by atoms with Crippen LogP contribution >= 0.6 is 11.3 Å². The van der Waals surface area contributed by atoms with Gasteiger partial charge in [0.15, 0.2) is 0 Å². The Bertz CT molecular complexity index is 297. The van der Waals surface area contributed by atoms with E-state index in [2.05, 4.69) is 23.7 Å². The third-order valence-corrected chi connectivity index (χ3v) is 4.80. The fourth-order valence-corrected chi connectivity index (χ4v) is 3.49. The molecule has 0 aliphatic heterocycles. The largest absolute Gasteiger partial charge is 0.339 e. The first-order chi connectivity index (χ1) is 7.86. The third-order valence-electron chi connectivity index (χ3n) is 3.75. The second kappa shape index (κ2) is 6.41. The molecule has 2 N–H and O–H groups in total. The predicted molar refractivity (Wildman–Crippen MR) is 70.8 cm³/mol. The van der Waals surface area contributed by atoms with Crippen LogP contribution in [0.15, 0.2) is 11.4 Å². The van der Waals surface area contributed by atoms with E-state index in [1.165, 1.54) is 57.1 Å². The zero-order chi connectivity index (χ0) is 11.2. The van der Waals surface area contributed by atoms with Crippen molar-refractivity contribution in [3.63, 3.8) is 0 Å². The van der Waals surface area contributed by atoms with E-state index < -0.39 is 0 Å². The first-order valence-corrected chi connectivity index (χ1v) is 7.60. The van der Waals surface area contributed by atoms with Crippen LogP contribution in [0.5, 0.6) is 0 Å². The van der Waals surface area contributed by atoms with Gasteiger partial charge in [-0.1, -0.05) is 19.3 Å². The van der Waals surface area contributed by atoms with Gasteiger partial charge in [0.2, 0.25) is 0 Å². The lowest BCUT2D eigenvalue weighted by atomic mass is 9.97. The number of aryl methyl sites for hydroxylation is 1. The van der Waals surface area contributed by atoms with Crippen molar-refractivity contribution < 1.29 is 5.32 Å². The molecule has 0 spiro atoms. The lowest BCUT2D eigenvalue weighted by molar-refractivity contribution is -0.705. The number of quaternary nitrogens is 1. The summed E-state index contributed by atoms with van der Waals surface area (Å²) in [6.07, 6.45) is 10.2. The SMILES string of the molecule is Cc1ccsc1C[NH2+]C1CCCCCCC1. The Morgan fingerprint density at radius 3 is 2.50 bits per heavy atom.